The van der Waals surface area contributed by atoms with Crippen LogP contribution in [-0.2, 0) is 11.8 Å². The van der Waals surface area contributed by atoms with Crippen molar-refractivity contribution in [3.05, 3.63) is 40.4 Å². The number of fused-ring (bicyclic) bond motifs is 1. The van der Waals surface area contributed by atoms with Crippen LogP contribution in [0, 0.1) is 0 Å². The van der Waals surface area contributed by atoms with Gasteiger partial charge in [-0.1, -0.05) is 20.8 Å². The van der Waals surface area contributed by atoms with E-state index in [2.05, 4.69) is 36.4 Å². The number of thiazole rings is 1. The minimum atomic E-state index is -0.0977. The summed E-state index contributed by atoms with van der Waals surface area (Å²) in [6.45, 7) is 7.28. The maximum absolute atomic E-state index is 12.3. The van der Waals surface area contributed by atoms with Gasteiger partial charge in [-0.3, -0.25) is 10.1 Å². The summed E-state index contributed by atoms with van der Waals surface area (Å²) in [5.74, 6) is -0.0977. The van der Waals surface area contributed by atoms with Gasteiger partial charge in [-0.2, -0.15) is 0 Å². The average Bonchev–Trinajstić information content (AvgIpc) is 3.04. The second kappa shape index (κ2) is 5.15. The summed E-state index contributed by atoms with van der Waals surface area (Å²) in [4.78, 5) is 16.8. The highest BCUT2D eigenvalue weighted by molar-refractivity contribution is 7.14. The quantitative estimate of drug-likeness (QED) is 0.890. The van der Waals surface area contributed by atoms with Gasteiger partial charge in [0.15, 0.2) is 5.13 Å². The molecule has 0 saturated heterocycles. The molecule has 2 N–H and O–H groups in total. The molecule has 3 rings (SSSR count). The van der Waals surface area contributed by atoms with E-state index in [1.54, 1.807) is 0 Å². The number of hydrogen-bond acceptors (Lipinski definition) is 4. The van der Waals surface area contributed by atoms with Crippen LogP contribution in [0.15, 0.2) is 23.6 Å². The molecule has 1 aliphatic rings. The average molecular weight is 301 g/mol. The monoisotopic (exact) mass is 301 g/mol. The lowest BCUT2D eigenvalue weighted by molar-refractivity contribution is 0.102. The van der Waals surface area contributed by atoms with Crippen LogP contribution >= 0.6 is 11.3 Å². The maximum Gasteiger partial charge on any atom is 0.257 e. The number of nitrogens with one attached hydrogen (secondary N) is 2. The van der Waals surface area contributed by atoms with Crippen LogP contribution in [0.25, 0.3) is 0 Å². The normalized spacial score (nSPS) is 13.7. The number of rotatable bonds is 2. The van der Waals surface area contributed by atoms with E-state index in [-0.39, 0.29) is 11.3 Å². The number of carbonyl (C=O) groups is 1. The van der Waals surface area contributed by atoms with E-state index in [9.17, 15) is 4.79 Å². The fraction of sp³-hybridized carbons (Fsp3) is 0.375. The van der Waals surface area contributed by atoms with E-state index in [1.807, 2.05) is 23.6 Å². The molecule has 0 spiro atoms. The van der Waals surface area contributed by atoms with Crippen molar-refractivity contribution >= 4 is 28.1 Å². The number of amides is 1. The maximum atomic E-state index is 12.3. The van der Waals surface area contributed by atoms with Gasteiger partial charge in [0.1, 0.15) is 0 Å². The van der Waals surface area contributed by atoms with Crippen molar-refractivity contribution in [3.8, 4) is 0 Å². The first-order valence-electron chi connectivity index (χ1n) is 7.07. The van der Waals surface area contributed by atoms with Crippen molar-refractivity contribution in [2.45, 2.75) is 32.6 Å². The number of anilines is 2. The van der Waals surface area contributed by atoms with Crippen molar-refractivity contribution < 1.29 is 4.79 Å². The van der Waals surface area contributed by atoms with Gasteiger partial charge in [0.2, 0.25) is 0 Å². The lowest BCUT2D eigenvalue weighted by atomic mass is 9.93. The highest BCUT2D eigenvalue weighted by Crippen LogP contribution is 2.27. The first-order valence-corrected chi connectivity index (χ1v) is 7.95. The van der Waals surface area contributed by atoms with Gasteiger partial charge in [0.25, 0.3) is 5.91 Å². The number of benzene rings is 1. The van der Waals surface area contributed by atoms with Crippen LogP contribution in [-0.4, -0.2) is 17.4 Å². The topological polar surface area (TPSA) is 54.0 Å². The van der Waals surface area contributed by atoms with E-state index < -0.39 is 0 Å². The largest absolute Gasteiger partial charge is 0.384 e. The minimum absolute atomic E-state index is 0.00127. The summed E-state index contributed by atoms with van der Waals surface area (Å²) in [7, 11) is 0. The number of nitrogens with zero attached hydrogens (tertiary/aromatic N) is 1. The molecule has 1 amide bonds. The Balaban J connectivity index is 1.76. The molecule has 1 aromatic carbocycles. The van der Waals surface area contributed by atoms with Crippen LogP contribution in [0.5, 0.6) is 0 Å². The molecule has 0 atom stereocenters. The second-order valence-corrected chi connectivity index (χ2v) is 7.15. The molecule has 0 saturated carbocycles. The molecular formula is C16H19N3OS. The van der Waals surface area contributed by atoms with Gasteiger partial charge in [0.05, 0.1) is 5.69 Å². The highest BCUT2D eigenvalue weighted by atomic mass is 32.1. The zero-order valence-electron chi connectivity index (χ0n) is 12.5. The molecule has 1 aliphatic heterocycles. The Labute approximate surface area is 128 Å². The van der Waals surface area contributed by atoms with Crippen LogP contribution in [0.4, 0.5) is 10.8 Å². The molecule has 0 unspecified atom stereocenters. The van der Waals surface area contributed by atoms with Gasteiger partial charge < -0.3 is 5.32 Å². The standard InChI is InChI=1S/C16H19N3OS/c1-16(2,3)13-9-21-15(18-13)19-14(20)11-4-5-12-10(8-11)6-7-17-12/h4-5,8-9,17H,6-7H2,1-3H3,(H,18,19,20). The van der Waals surface area contributed by atoms with Crippen LogP contribution < -0.4 is 10.6 Å². The summed E-state index contributed by atoms with van der Waals surface area (Å²) in [6, 6.07) is 5.79. The number of aromatic nitrogens is 1. The summed E-state index contributed by atoms with van der Waals surface area (Å²) in [5.41, 5.74) is 4.03. The third-order valence-electron chi connectivity index (χ3n) is 3.57. The molecule has 2 heterocycles. The third kappa shape index (κ3) is 2.93. The van der Waals surface area contributed by atoms with Crippen LogP contribution in [0.1, 0.15) is 42.4 Å². The van der Waals surface area contributed by atoms with Crippen molar-refractivity contribution in [3.63, 3.8) is 0 Å². The van der Waals surface area contributed by atoms with Gasteiger partial charge in [0, 0.05) is 28.6 Å². The minimum Gasteiger partial charge on any atom is -0.384 e. The number of carbonyl (C=O) groups excluding carboxylic acids is 1. The molecule has 0 fully saturated rings. The molecule has 0 bridgehead atoms. The Hall–Kier alpha value is -1.88. The SMILES string of the molecule is CC(C)(C)c1csc(NC(=O)c2ccc3c(c2)CCN3)n1. The molecule has 110 valence electrons. The van der Waals surface area contributed by atoms with Crippen molar-refractivity contribution in [1.29, 1.82) is 0 Å². The van der Waals surface area contributed by atoms with Crippen molar-refractivity contribution in [1.82, 2.24) is 4.98 Å². The third-order valence-corrected chi connectivity index (χ3v) is 4.33. The summed E-state index contributed by atoms with van der Waals surface area (Å²) in [5, 5.41) is 8.84. The number of hydrogen-bond donors (Lipinski definition) is 2. The fourth-order valence-corrected chi connectivity index (χ4v) is 3.22. The summed E-state index contributed by atoms with van der Waals surface area (Å²) in [6.07, 6.45) is 0.974. The molecule has 0 aliphatic carbocycles. The summed E-state index contributed by atoms with van der Waals surface area (Å²) < 4.78 is 0. The van der Waals surface area contributed by atoms with E-state index in [1.165, 1.54) is 16.9 Å². The van der Waals surface area contributed by atoms with E-state index in [0.29, 0.717) is 10.7 Å². The molecule has 5 heteroatoms. The summed E-state index contributed by atoms with van der Waals surface area (Å²) >= 11 is 1.47. The molecule has 21 heavy (non-hydrogen) atoms. The van der Waals surface area contributed by atoms with Crippen LogP contribution in [0.3, 0.4) is 0 Å². The van der Waals surface area contributed by atoms with E-state index in [4.69, 9.17) is 0 Å². The van der Waals surface area contributed by atoms with Gasteiger partial charge in [-0.05, 0) is 30.2 Å². The van der Waals surface area contributed by atoms with Crippen molar-refractivity contribution in [2.24, 2.45) is 0 Å². The lowest BCUT2D eigenvalue weighted by Gasteiger charge is -2.14. The Morgan fingerprint density at radius 2 is 2.19 bits per heavy atom. The fourth-order valence-electron chi connectivity index (χ4n) is 2.29. The van der Waals surface area contributed by atoms with Gasteiger partial charge >= 0.3 is 0 Å². The van der Waals surface area contributed by atoms with E-state index >= 15 is 0 Å². The second-order valence-electron chi connectivity index (χ2n) is 6.29. The molecular weight excluding hydrogens is 282 g/mol. The molecule has 0 radical (unpaired) electrons. The first kappa shape index (κ1) is 14.1. The van der Waals surface area contributed by atoms with E-state index in [0.717, 1.165) is 24.3 Å². The Kier molecular flexibility index (Phi) is 3.45. The smallest absolute Gasteiger partial charge is 0.257 e. The van der Waals surface area contributed by atoms with Crippen LogP contribution in [0.2, 0.25) is 0 Å². The molecule has 2 aromatic rings. The highest BCUT2D eigenvalue weighted by Gasteiger charge is 2.19. The lowest BCUT2D eigenvalue weighted by Crippen LogP contribution is -2.14. The Morgan fingerprint density at radius 1 is 1.38 bits per heavy atom. The Bertz CT molecular complexity index is 685. The predicted molar refractivity (Wildman–Crippen MR) is 87.4 cm³/mol. The zero-order valence-corrected chi connectivity index (χ0v) is 13.3. The predicted octanol–water partition coefficient (Wildman–Crippen LogP) is 3.66. The van der Waals surface area contributed by atoms with Gasteiger partial charge in [-0.15, -0.1) is 11.3 Å². The zero-order chi connectivity index (χ0) is 15.0. The molecule has 1 aromatic heterocycles. The first-order chi connectivity index (χ1) is 9.93. The Morgan fingerprint density at radius 3 is 2.90 bits per heavy atom. The van der Waals surface area contributed by atoms with Gasteiger partial charge in [-0.25, -0.2) is 4.98 Å². The van der Waals surface area contributed by atoms with Crippen molar-refractivity contribution in [2.75, 3.05) is 17.2 Å². The molecule has 4 nitrogen and oxygen atoms in total.